The van der Waals surface area contributed by atoms with Crippen LogP contribution in [0.15, 0.2) is 24.8 Å². The molecule has 0 atom stereocenters. The minimum atomic E-state index is -4.92. The van der Waals surface area contributed by atoms with Crippen LogP contribution in [-0.4, -0.2) is 12.1 Å². The number of halogens is 4. The minimum Gasteiger partial charge on any atom is -0.318 e. The Hall–Kier alpha value is -1.49. The smallest absolute Gasteiger partial charge is 0.318 e. The lowest BCUT2D eigenvalue weighted by molar-refractivity contribution is -0.167. The summed E-state index contributed by atoms with van der Waals surface area (Å²) in [6.07, 6.45) is -4.92. The number of hydrogen-bond donors (Lipinski definition) is 1. The second kappa shape index (κ2) is 4.79. The molecule has 0 spiro atoms. The van der Waals surface area contributed by atoms with Crippen LogP contribution in [-0.2, 0) is 4.79 Å². The maximum atomic E-state index is 12.0. The molecule has 0 aliphatic heterocycles. The van der Waals surface area contributed by atoms with Crippen LogP contribution in [0, 0.1) is 0 Å². The quantitative estimate of drug-likeness (QED) is 0.862. The van der Waals surface area contributed by atoms with Gasteiger partial charge in [0.2, 0.25) is 0 Å². The highest BCUT2D eigenvalue weighted by molar-refractivity contribution is 6.32. The maximum absolute atomic E-state index is 12.0. The molecule has 0 unspecified atom stereocenters. The van der Waals surface area contributed by atoms with Gasteiger partial charge in [0.25, 0.3) is 0 Å². The van der Waals surface area contributed by atoms with Crippen molar-refractivity contribution in [2.45, 2.75) is 13.1 Å². The molecule has 0 radical (unpaired) electrons. The van der Waals surface area contributed by atoms with Crippen molar-refractivity contribution in [2.75, 3.05) is 5.32 Å². The van der Waals surface area contributed by atoms with Gasteiger partial charge in [-0.1, -0.05) is 24.2 Å². The van der Waals surface area contributed by atoms with Crippen molar-refractivity contribution in [3.63, 3.8) is 0 Å². The summed E-state index contributed by atoms with van der Waals surface area (Å²) in [6, 6.07) is 4.07. The first kappa shape index (κ1) is 13.6. The second-order valence-corrected chi connectivity index (χ2v) is 3.83. The SMILES string of the molecule is C=C(C)c1ccc(NC(=O)C(F)(F)F)cc1Cl. The zero-order chi connectivity index (χ0) is 13.2. The fourth-order valence-corrected chi connectivity index (χ4v) is 1.48. The highest BCUT2D eigenvalue weighted by atomic mass is 35.5. The molecule has 1 N–H and O–H groups in total. The number of allylic oxidation sites excluding steroid dienone is 1. The molecule has 0 saturated carbocycles. The van der Waals surface area contributed by atoms with Crippen molar-refractivity contribution in [1.82, 2.24) is 0 Å². The molecule has 0 saturated heterocycles. The molecule has 17 heavy (non-hydrogen) atoms. The largest absolute Gasteiger partial charge is 0.471 e. The molecular weight excluding hydrogens is 255 g/mol. The first-order valence-corrected chi connectivity index (χ1v) is 4.93. The number of benzene rings is 1. The molecule has 92 valence electrons. The first-order valence-electron chi connectivity index (χ1n) is 4.55. The van der Waals surface area contributed by atoms with E-state index in [4.69, 9.17) is 11.6 Å². The van der Waals surface area contributed by atoms with Gasteiger partial charge in [-0.2, -0.15) is 13.2 Å². The maximum Gasteiger partial charge on any atom is 0.471 e. The fourth-order valence-electron chi connectivity index (χ4n) is 1.14. The van der Waals surface area contributed by atoms with E-state index in [1.165, 1.54) is 18.2 Å². The fraction of sp³-hybridized carbons (Fsp3) is 0.182. The summed E-state index contributed by atoms with van der Waals surface area (Å²) in [5.74, 6) is -2.03. The van der Waals surface area contributed by atoms with Crippen LogP contribution >= 0.6 is 11.6 Å². The first-order chi connectivity index (χ1) is 7.71. The molecule has 6 heteroatoms. The van der Waals surface area contributed by atoms with E-state index < -0.39 is 12.1 Å². The predicted molar refractivity (Wildman–Crippen MR) is 60.8 cm³/mol. The summed E-state index contributed by atoms with van der Waals surface area (Å²) in [4.78, 5) is 10.7. The molecule has 0 aliphatic rings. The van der Waals surface area contributed by atoms with E-state index in [-0.39, 0.29) is 10.7 Å². The molecule has 0 fully saturated rings. The van der Waals surface area contributed by atoms with Crippen LogP contribution < -0.4 is 5.32 Å². The Morgan fingerprint density at radius 1 is 1.41 bits per heavy atom. The molecule has 0 aliphatic carbocycles. The second-order valence-electron chi connectivity index (χ2n) is 3.43. The van der Waals surface area contributed by atoms with Crippen LogP contribution in [0.2, 0.25) is 5.02 Å². The van der Waals surface area contributed by atoms with Gasteiger partial charge in [0, 0.05) is 5.69 Å². The topological polar surface area (TPSA) is 29.1 Å². The van der Waals surface area contributed by atoms with E-state index in [0.29, 0.717) is 11.1 Å². The zero-order valence-electron chi connectivity index (χ0n) is 8.86. The van der Waals surface area contributed by atoms with Crippen molar-refractivity contribution in [2.24, 2.45) is 0 Å². The summed E-state index contributed by atoms with van der Waals surface area (Å²) in [5.41, 5.74) is 1.29. The van der Waals surface area contributed by atoms with Crippen molar-refractivity contribution in [1.29, 1.82) is 0 Å². The molecule has 0 heterocycles. The lowest BCUT2D eigenvalue weighted by Gasteiger charge is -2.10. The number of anilines is 1. The van der Waals surface area contributed by atoms with Gasteiger partial charge in [-0.15, -0.1) is 0 Å². The van der Waals surface area contributed by atoms with Gasteiger partial charge < -0.3 is 5.32 Å². The number of carbonyl (C=O) groups is 1. The third-order valence-electron chi connectivity index (χ3n) is 1.94. The van der Waals surface area contributed by atoms with Gasteiger partial charge in [-0.05, 0) is 30.2 Å². The summed E-state index contributed by atoms with van der Waals surface area (Å²) in [6.45, 7) is 5.38. The Balaban J connectivity index is 2.92. The molecule has 2 nitrogen and oxygen atoms in total. The summed E-state index contributed by atoms with van der Waals surface area (Å²) in [5, 5.41) is 1.94. The minimum absolute atomic E-state index is 0.0117. The predicted octanol–water partition coefficient (Wildman–Crippen LogP) is 3.87. The van der Waals surface area contributed by atoms with E-state index in [9.17, 15) is 18.0 Å². The van der Waals surface area contributed by atoms with Crippen LogP contribution in [0.4, 0.5) is 18.9 Å². The van der Waals surface area contributed by atoms with E-state index in [1.807, 2.05) is 0 Å². The highest BCUT2D eigenvalue weighted by Crippen LogP contribution is 2.27. The average Bonchev–Trinajstić information content (AvgIpc) is 2.15. The summed E-state index contributed by atoms with van der Waals surface area (Å²) < 4.78 is 36.0. The molecule has 0 bridgehead atoms. The number of alkyl halides is 3. The Morgan fingerprint density at radius 3 is 2.41 bits per heavy atom. The van der Waals surface area contributed by atoms with Crippen LogP contribution in [0.1, 0.15) is 12.5 Å². The van der Waals surface area contributed by atoms with E-state index >= 15 is 0 Å². The third kappa shape index (κ3) is 3.49. The number of hydrogen-bond acceptors (Lipinski definition) is 1. The standard InChI is InChI=1S/C11H9ClF3NO/c1-6(2)8-4-3-7(5-9(8)12)16-10(17)11(13,14)15/h3-5H,1H2,2H3,(H,16,17). The van der Waals surface area contributed by atoms with Crippen LogP contribution in [0.5, 0.6) is 0 Å². The van der Waals surface area contributed by atoms with Gasteiger partial charge in [0.15, 0.2) is 0 Å². The number of nitrogens with one attached hydrogen (secondary N) is 1. The van der Waals surface area contributed by atoms with E-state index in [2.05, 4.69) is 6.58 Å². The summed E-state index contributed by atoms with van der Waals surface area (Å²) in [7, 11) is 0. The van der Waals surface area contributed by atoms with Crippen LogP contribution in [0.25, 0.3) is 5.57 Å². The van der Waals surface area contributed by atoms with Gasteiger partial charge in [-0.25, -0.2) is 0 Å². The van der Waals surface area contributed by atoms with Crippen molar-refractivity contribution < 1.29 is 18.0 Å². The molecule has 1 amide bonds. The van der Waals surface area contributed by atoms with Crippen molar-refractivity contribution in [3.8, 4) is 0 Å². The third-order valence-corrected chi connectivity index (χ3v) is 2.26. The zero-order valence-corrected chi connectivity index (χ0v) is 9.62. The molecule has 0 aromatic heterocycles. The Kier molecular flexibility index (Phi) is 3.83. The lowest BCUT2D eigenvalue weighted by atomic mass is 10.1. The molecular formula is C11H9ClF3NO. The van der Waals surface area contributed by atoms with Crippen molar-refractivity contribution in [3.05, 3.63) is 35.4 Å². The van der Waals surface area contributed by atoms with Gasteiger partial charge in [0.1, 0.15) is 0 Å². The monoisotopic (exact) mass is 263 g/mol. The van der Waals surface area contributed by atoms with E-state index in [1.54, 1.807) is 12.2 Å². The van der Waals surface area contributed by atoms with Gasteiger partial charge >= 0.3 is 12.1 Å². The van der Waals surface area contributed by atoms with Crippen LogP contribution in [0.3, 0.4) is 0 Å². The number of amides is 1. The summed E-state index contributed by atoms with van der Waals surface area (Å²) >= 11 is 5.83. The number of rotatable bonds is 2. The lowest BCUT2D eigenvalue weighted by Crippen LogP contribution is -2.29. The molecule has 1 aromatic rings. The van der Waals surface area contributed by atoms with Gasteiger partial charge in [0.05, 0.1) is 5.02 Å². The molecule has 1 rings (SSSR count). The Bertz CT molecular complexity index is 468. The highest BCUT2D eigenvalue weighted by Gasteiger charge is 2.38. The Labute approximate surface area is 101 Å². The normalized spacial score (nSPS) is 11.1. The van der Waals surface area contributed by atoms with Crippen molar-refractivity contribution >= 4 is 28.8 Å². The van der Waals surface area contributed by atoms with E-state index in [0.717, 1.165) is 0 Å². The Morgan fingerprint density at radius 2 is 2.00 bits per heavy atom. The molecule has 1 aromatic carbocycles. The average molecular weight is 264 g/mol. The van der Waals surface area contributed by atoms with Gasteiger partial charge in [-0.3, -0.25) is 4.79 Å². The number of carbonyl (C=O) groups excluding carboxylic acids is 1.